The molecule has 2 nitrogen and oxygen atoms in total. The third-order valence-electron chi connectivity index (χ3n) is 4.69. The number of hydrogen-bond acceptors (Lipinski definition) is 2. The van der Waals surface area contributed by atoms with Gasteiger partial charge in [-0.3, -0.25) is 0 Å². The monoisotopic (exact) mass is 440 g/mol. The van der Waals surface area contributed by atoms with Crippen molar-refractivity contribution in [3.05, 3.63) is 99.0 Å². The van der Waals surface area contributed by atoms with Crippen LogP contribution >= 0.6 is 15.9 Å². The summed E-state index contributed by atoms with van der Waals surface area (Å²) >= 11 is 3.58. The van der Waals surface area contributed by atoms with Crippen molar-refractivity contribution < 1.29 is 9.84 Å². The summed E-state index contributed by atoms with van der Waals surface area (Å²) in [6.07, 6.45) is 1.70. The van der Waals surface area contributed by atoms with Crippen LogP contribution in [0.1, 0.15) is 27.8 Å². The zero-order chi connectivity index (χ0) is 20.4. The second kappa shape index (κ2) is 11.7. The molecule has 0 aliphatic heterocycles. The van der Waals surface area contributed by atoms with Crippen LogP contribution in [0, 0.1) is 20.8 Å². The lowest BCUT2D eigenvalue weighted by molar-refractivity contribution is 0.299. The summed E-state index contributed by atoms with van der Waals surface area (Å²) in [7, 11) is 0. The highest BCUT2D eigenvalue weighted by atomic mass is 79.9. The van der Waals surface area contributed by atoms with E-state index in [4.69, 9.17) is 9.84 Å². The highest BCUT2D eigenvalue weighted by Crippen LogP contribution is 2.31. The Morgan fingerprint density at radius 1 is 0.786 bits per heavy atom. The van der Waals surface area contributed by atoms with Crippen LogP contribution in [0.5, 0.6) is 5.75 Å². The molecule has 0 radical (unpaired) electrons. The minimum Gasteiger partial charge on any atom is -0.493 e. The quantitative estimate of drug-likeness (QED) is 0.492. The van der Waals surface area contributed by atoms with Crippen LogP contribution in [0.3, 0.4) is 0 Å². The van der Waals surface area contributed by atoms with Crippen LogP contribution in [-0.4, -0.2) is 18.3 Å². The van der Waals surface area contributed by atoms with Crippen molar-refractivity contribution in [1.82, 2.24) is 0 Å². The number of aryl methyl sites for hydroxylation is 1. The van der Waals surface area contributed by atoms with Gasteiger partial charge in [0.25, 0.3) is 0 Å². The van der Waals surface area contributed by atoms with E-state index < -0.39 is 0 Å². The van der Waals surface area contributed by atoms with E-state index in [1.165, 1.54) is 27.8 Å². The molecular weight excluding hydrogens is 412 g/mol. The van der Waals surface area contributed by atoms with E-state index in [1.807, 2.05) is 36.4 Å². The Kier molecular flexibility index (Phi) is 9.26. The fraction of sp³-hybridized carbons (Fsp3) is 0.280. The maximum atomic E-state index is 8.52. The number of aliphatic hydroxyl groups excluding tert-OH is 1. The van der Waals surface area contributed by atoms with E-state index in [0.717, 1.165) is 23.1 Å². The molecule has 0 aromatic heterocycles. The number of hydrogen-bond donors (Lipinski definition) is 1. The SMILES string of the molecule is Cc1cc(Br)c(C)c(C)c1OCCc1ccccc1.OCCc1ccccc1. The molecule has 28 heavy (non-hydrogen) atoms. The van der Waals surface area contributed by atoms with E-state index >= 15 is 0 Å². The fourth-order valence-corrected chi connectivity index (χ4v) is 3.56. The summed E-state index contributed by atoms with van der Waals surface area (Å²) < 4.78 is 7.14. The first-order valence-corrected chi connectivity index (χ1v) is 10.4. The van der Waals surface area contributed by atoms with Gasteiger partial charge in [-0.1, -0.05) is 76.6 Å². The van der Waals surface area contributed by atoms with Crippen LogP contribution in [0.4, 0.5) is 0 Å². The molecule has 148 valence electrons. The third kappa shape index (κ3) is 6.81. The van der Waals surface area contributed by atoms with Crippen LogP contribution in [0.2, 0.25) is 0 Å². The van der Waals surface area contributed by atoms with Gasteiger partial charge in [-0.25, -0.2) is 0 Å². The molecule has 0 bridgehead atoms. The molecule has 0 fully saturated rings. The minimum absolute atomic E-state index is 0.240. The molecule has 3 heteroatoms. The molecule has 3 rings (SSSR count). The van der Waals surface area contributed by atoms with Crippen LogP contribution in [-0.2, 0) is 12.8 Å². The van der Waals surface area contributed by atoms with Crippen molar-refractivity contribution in [3.8, 4) is 5.75 Å². The molecule has 0 amide bonds. The second-order valence-electron chi connectivity index (χ2n) is 6.80. The zero-order valence-electron chi connectivity index (χ0n) is 16.9. The van der Waals surface area contributed by atoms with Gasteiger partial charge in [0.1, 0.15) is 5.75 Å². The molecule has 0 saturated carbocycles. The summed E-state index contributed by atoms with van der Waals surface area (Å²) in [4.78, 5) is 0. The van der Waals surface area contributed by atoms with Gasteiger partial charge in [0.15, 0.2) is 0 Å². The van der Waals surface area contributed by atoms with Gasteiger partial charge in [-0.2, -0.15) is 0 Å². The molecule has 0 saturated heterocycles. The lowest BCUT2D eigenvalue weighted by Crippen LogP contribution is -2.04. The van der Waals surface area contributed by atoms with Gasteiger partial charge in [0, 0.05) is 17.5 Å². The Labute approximate surface area is 177 Å². The van der Waals surface area contributed by atoms with Crippen molar-refractivity contribution in [1.29, 1.82) is 0 Å². The lowest BCUT2D eigenvalue weighted by atomic mass is 10.1. The molecule has 0 spiro atoms. The summed E-state index contributed by atoms with van der Waals surface area (Å²) in [6.45, 7) is 7.28. The zero-order valence-corrected chi connectivity index (χ0v) is 18.5. The van der Waals surface area contributed by atoms with Crippen molar-refractivity contribution in [2.45, 2.75) is 33.6 Å². The van der Waals surface area contributed by atoms with E-state index in [2.05, 4.69) is 67.0 Å². The maximum absolute atomic E-state index is 8.52. The Morgan fingerprint density at radius 3 is 1.86 bits per heavy atom. The predicted molar refractivity (Wildman–Crippen MR) is 121 cm³/mol. The first kappa shape index (κ1) is 22.2. The Hall–Kier alpha value is -2.10. The van der Waals surface area contributed by atoms with Gasteiger partial charge in [0.2, 0.25) is 0 Å². The van der Waals surface area contributed by atoms with Crippen LogP contribution in [0.25, 0.3) is 0 Å². The number of ether oxygens (including phenoxy) is 1. The lowest BCUT2D eigenvalue weighted by Gasteiger charge is -2.15. The van der Waals surface area contributed by atoms with Gasteiger partial charge < -0.3 is 9.84 Å². The molecule has 0 aliphatic carbocycles. The van der Waals surface area contributed by atoms with E-state index in [-0.39, 0.29) is 6.61 Å². The number of halogens is 1. The normalized spacial score (nSPS) is 10.2. The van der Waals surface area contributed by atoms with Crippen molar-refractivity contribution >= 4 is 15.9 Å². The highest BCUT2D eigenvalue weighted by Gasteiger charge is 2.09. The maximum Gasteiger partial charge on any atom is 0.125 e. The largest absolute Gasteiger partial charge is 0.493 e. The molecule has 3 aromatic rings. The molecule has 0 heterocycles. The number of aliphatic hydroxyl groups is 1. The molecule has 0 aliphatic rings. The predicted octanol–water partition coefficient (Wildman–Crippen LogP) is 6.22. The van der Waals surface area contributed by atoms with Crippen molar-refractivity contribution in [3.63, 3.8) is 0 Å². The first-order chi connectivity index (χ1) is 13.5. The van der Waals surface area contributed by atoms with Gasteiger partial charge in [-0.05, 0) is 61.1 Å². The van der Waals surface area contributed by atoms with Crippen LogP contribution in [0.15, 0.2) is 71.2 Å². The molecule has 0 unspecified atom stereocenters. The Bertz CT molecular complexity index is 845. The number of benzene rings is 3. The average Bonchev–Trinajstić information content (AvgIpc) is 2.71. The summed E-state index contributed by atoms with van der Waals surface area (Å²) in [5.41, 5.74) is 6.16. The Balaban J connectivity index is 0.000000261. The average molecular weight is 441 g/mol. The molecule has 1 N–H and O–H groups in total. The summed E-state index contributed by atoms with van der Waals surface area (Å²) in [5.74, 6) is 1.02. The minimum atomic E-state index is 0.240. The molecule has 0 atom stereocenters. The van der Waals surface area contributed by atoms with E-state index in [0.29, 0.717) is 6.61 Å². The number of rotatable bonds is 6. The van der Waals surface area contributed by atoms with Gasteiger partial charge in [0.05, 0.1) is 6.61 Å². The highest BCUT2D eigenvalue weighted by molar-refractivity contribution is 9.10. The smallest absolute Gasteiger partial charge is 0.125 e. The topological polar surface area (TPSA) is 29.5 Å². The second-order valence-corrected chi connectivity index (χ2v) is 7.65. The van der Waals surface area contributed by atoms with E-state index in [9.17, 15) is 0 Å². The first-order valence-electron chi connectivity index (χ1n) is 9.60. The molecular formula is C25H29BrO2. The third-order valence-corrected chi connectivity index (χ3v) is 5.51. The standard InChI is InChI=1S/C17H19BrO.C8H10O/c1-12-11-16(18)13(2)14(3)17(12)19-10-9-15-7-5-4-6-8-15;9-7-6-8-4-2-1-3-5-8/h4-8,11H,9-10H2,1-3H3;1-5,9H,6-7H2. The van der Waals surface area contributed by atoms with Gasteiger partial charge in [-0.15, -0.1) is 0 Å². The molecule has 3 aromatic carbocycles. The van der Waals surface area contributed by atoms with Crippen LogP contribution < -0.4 is 4.74 Å². The fourth-order valence-electron chi connectivity index (χ4n) is 2.92. The van der Waals surface area contributed by atoms with Crippen molar-refractivity contribution in [2.75, 3.05) is 13.2 Å². The Morgan fingerprint density at radius 2 is 1.32 bits per heavy atom. The summed E-state index contributed by atoms with van der Waals surface area (Å²) in [6, 6.07) is 22.5. The van der Waals surface area contributed by atoms with Gasteiger partial charge >= 0.3 is 0 Å². The van der Waals surface area contributed by atoms with Crippen molar-refractivity contribution in [2.24, 2.45) is 0 Å². The summed E-state index contributed by atoms with van der Waals surface area (Å²) in [5, 5.41) is 8.52. The van der Waals surface area contributed by atoms with E-state index in [1.54, 1.807) is 0 Å².